The third-order valence-corrected chi connectivity index (χ3v) is 3.87. The van der Waals surface area contributed by atoms with E-state index < -0.39 is 19.1 Å². The van der Waals surface area contributed by atoms with Gasteiger partial charge in [-0.1, -0.05) is 18.2 Å². The van der Waals surface area contributed by atoms with Crippen LogP contribution in [-0.2, 0) is 11.2 Å². The van der Waals surface area contributed by atoms with E-state index in [1.165, 1.54) is 4.70 Å². The van der Waals surface area contributed by atoms with Gasteiger partial charge in [-0.3, -0.25) is 0 Å². The molecule has 1 aromatic heterocycles. The Morgan fingerprint density at radius 3 is 2.84 bits per heavy atom. The molecule has 0 saturated carbocycles. The number of thiophene rings is 1. The molecule has 0 amide bonds. The molecule has 1 unspecified atom stereocenters. The van der Waals surface area contributed by atoms with E-state index in [0.29, 0.717) is 12.8 Å². The van der Waals surface area contributed by atoms with Crippen LogP contribution in [0.5, 0.6) is 0 Å². The Kier molecular flexibility index (Phi) is 5.24. The van der Waals surface area contributed by atoms with Crippen LogP contribution in [0.4, 0.5) is 8.78 Å². The van der Waals surface area contributed by atoms with Gasteiger partial charge >= 0.3 is 0 Å². The zero-order valence-corrected chi connectivity index (χ0v) is 11.2. The van der Waals surface area contributed by atoms with Crippen molar-refractivity contribution in [2.24, 2.45) is 0 Å². The summed E-state index contributed by atoms with van der Waals surface area (Å²) in [6, 6.07) is 8.02. The Morgan fingerprint density at radius 1 is 1.26 bits per heavy atom. The van der Waals surface area contributed by atoms with E-state index in [2.05, 4.69) is 0 Å². The molecule has 104 valence electrons. The molecule has 1 N–H and O–H groups in total. The first-order chi connectivity index (χ1) is 9.16. The van der Waals surface area contributed by atoms with Crippen LogP contribution in [0.1, 0.15) is 12.0 Å². The number of benzene rings is 1. The highest BCUT2D eigenvalue weighted by Gasteiger charge is 2.10. The molecular formula is C14H16F2O2S. The molecule has 2 aromatic rings. The maximum atomic E-state index is 11.9. The van der Waals surface area contributed by atoms with E-state index in [0.717, 1.165) is 10.9 Å². The molecule has 1 atom stereocenters. The monoisotopic (exact) mass is 286 g/mol. The number of alkyl halides is 2. The Hall–Kier alpha value is -1.04. The zero-order chi connectivity index (χ0) is 13.7. The van der Waals surface area contributed by atoms with Crippen LogP contribution in [0, 0.1) is 0 Å². The van der Waals surface area contributed by atoms with Crippen molar-refractivity contribution >= 4 is 21.4 Å². The number of hydrogen-bond acceptors (Lipinski definition) is 3. The summed E-state index contributed by atoms with van der Waals surface area (Å²) in [5, 5.41) is 13.1. The smallest absolute Gasteiger partial charge is 0.261 e. The van der Waals surface area contributed by atoms with Crippen molar-refractivity contribution in [3.63, 3.8) is 0 Å². The molecule has 2 rings (SSSR count). The summed E-state index contributed by atoms with van der Waals surface area (Å²) < 4.78 is 29.7. The van der Waals surface area contributed by atoms with Gasteiger partial charge in [0.15, 0.2) is 0 Å². The zero-order valence-electron chi connectivity index (χ0n) is 10.4. The average Bonchev–Trinajstić information content (AvgIpc) is 2.78. The average molecular weight is 286 g/mol. The number of aliphatic hydroxyl groups excluding tert-OH is 1. The van der Waals surface area contributed by atoms with Gasteiger partial charge in [0.1, 0.15) is 6.61 Å². The van der Waals surface area contributed by atoms with Gasteiger partial charge in [0.05, 0.1) is 6.10 Å². The predicted octanol–water partition coefficient (Wildman–Crippen LogP) is 3.48. The Bertz CT molecular complexity index is 513. The van der Waals surface area contributed by atoms with Crippen molar-refractivity contribution < 1.29 is 18.6 Å². The molecule has 0 saturated heterocycles. The van der Waals surface area contributed by atoms with Crippen LogP contribution in [0.2, 0.25) is 0 Å². The molecule has 0 spiro atoms. The lowest BCUT2D eigenvalue weighted by Crippen LogP contribution is -2.15. The third-order valence-electron chi connectivity index (χ3n) is 2.86. The maximum Gasteiger partial charge on any atom is 0.261 e. The normalized spacial score (nSPS) is 13.3. The van der Waals surface area contributed by atoms with E-state index in [4.69, 9.17) is 4.74 Å². The highest BCUT2D eigenvalue weighted by atomic mass is 32.1. The minimum atomic E-state index is -2.45. The van der Waals surface area contributed by atoms with E-state index >= 15 is 0 Å². The molecular weight excluding hydrogens is 270 g/mol. The van der Waals surface area contributed by atoms with Gasteiger partial charge < -0.3 is 9.84 Å². The molecule has 1 aromatic carbocycles. The largest absolute Gasteiger partial charge is 0.393 e. The summed E-state index contributed by atoms with van der Waals surface area (Å²) >= 11 is 1.65. The number of aliphatic hydroxyl groups is 1. The van der Waals surface area contributed by atoms with Crippen molar-refractivity contribution in [2.45, 2.75) is 25.4 Å². The predicted molar refractivity (Wildman–Crippen MR) is 73.0 cm³/mol. The molecule has 0 bridgehead atoms. The lowest BCUT2D eigenvalue weighted by molar-refractivity contribution is 0.00516. The summed E-state index contributed by atoms with van der Waals surface area (Å²) in [6.45, 7) is -0.401. The van der Waals surface area contributed by atoms with Crippen LogP contribution in [0.3, 0.4) is 0 Å². The van der Waals surface area contributed by atoms with Crippen molar-refractivity contribution in [3.8, 4) is 0 Å². The molecule has 5 heteroatoms. The second-order valence-electron chi connectivity index (χ2n) is 4.37. The summed E-state index contributed by atoms with van der Waals surface area (Å²) in [6.07, 6.45) is -2.10. The molecule has 19 heavy (non-hydrogen) atoms. The second kappa shape index (κ2) is 6.93. The maximum absolute atomic E-state index is 11.9. The topological polar surface area (TPSA) is 29.5 Å². The van der Waals surface area contributed by atoms with Gasteiger partial charge in [0, 0.05) is 11.3 Å². The van der Waals surface area contributed by atoms with E-state index in [1.54, 1.807) is 11.3 Å². The van der Waals surface area contributed by atoms with E-state index in [-0.39, 0.29) is 6.61 Å². The summed E-state index contributed by atoms with van der Waals surface area (Å²) in [4.78, 5) is 0. The fourth-order valence-electron chi connectivity index (χ4n) is 1.94. The van der Waals surface area contributed by atoms with Crippen molar-refractivity contribution in [1.82, 2.24) is 0 Å². The van der Waals surface area contributed by atoms with Crippen LogP contribution in [0.15, 0.2) is 29.6 Å². The highest BCUT2D eigenvalue weighted by Crippen LogP contribution is 2.26. The van der Waals surface area contributed by atoms with Crippen LogP contribution in [0.25, 0.3) is 10.1 Å². The number of ether oxygens (including phenoxy) is 1. The molecule has 2 nitrogen and oxygen atoms in total. The molecule has 0 radical (unpaired) electrons. The van der Waals surface area contributed by atoms with E-state index in [9.17, 15) is 13.9 Å². The van der Waals surface area contributed by atoms with Crippen molar-refractivity contribution in [1.29, 1.82) is 0 Å². The highest BCUT2D eigenvalue weighted by molar-refractivity contribution is 7.17. The van der Waals surface area contributed by atoms with Gasteiger partial charge in [0.2, 0.25) is 0 Å². The Balaban J connectivity index is 1.83. The van der Waals surface area contributed by atoms with Crippen molar-refractivity contribution in [2.75, 3.05) is 13.2 Å². The summed E-state index contributed by atoms with van der Waals surface area (Å²) in [7, 11) is 0. The Labute approximate surface area is 114 Å². The van der Waals surface area contributed by atoms with Gasteiger partial charge in [0.25, 0.3) is 6.43 Å². The second-order valence-corrected chi connectivity index (χ2v) is 5.28. The number of rotatable bonds is 7. The molecule has 0 aliphatic rings. The van der Waals surface area contributed by atoms with Crippen LogP contribution < -0.4 is 0 Å². The number of hydrogen-bond donors (Lipinski definition) is 1. The fraction of sp³-hybridized carbons (Fsp3) is 0.429. The molecule has 0 aliphatic heterocycles. The first kappa shape index (κ1) is 14.4. The number of halogens is 2. The quantitative estimate of drug-likeness (QED) is 0.790. The lowest BCUT2D eigenvalue weighted by Gasteiger charge is -2.10. The third kappa shape index (κ3) is 4.23. The van der Waals surface area contributed by atoms with Gasteiger partial charge in [-0.15, -0.1) is 11.3 Å². The van der Waals surface area contributed by atoms with Gasteiger partial charge in [-0.25, -0.2) is 8.78 Å². The summed E-state index contributed by atoms with van der Waals surface area (Å²) in [5.74, 6) is 0. The van der Waals surface area contributed by atoms with Gasteiger partial charge in [-0.2, -0.15) is 0 Å². The number of fused-ring (bicyclic) bond motifs is 1. The molecule has 0 aliphatic carbocycles. The molecule has 0 fully saturated rings. The minimum Gasteiger partial charge on any atom is -0.393 e. The SMILES string of the molecule is OC(CCOCC(F)F)Cc1csc2ccccc12. The van der Waals surface area contributed by atoms with Crippen molar-refractivity contribution in [3.05, 3.63) is 35.2 Å². The first-order valence-electron chi connectivity index (χ1n) is 6.16. The minimum absolute atomic E-state index is 0.160. The first-order valence-corrected chi connectivity index (χ1v) is 7.04. The van der Waals surface area contributed by atoms with E-state index in [1.807, 2.05) is 29.6 Å². The molecule has 1 heterocycles. The standard InChI is InChI=1S/C14H16F2O2S/c15-14(16)8-18-6-5-11(17)7-10-9-19-13-4-2-1-3-12(10)13/h1-4,9,11,14,17H,5-8H2. The van der Waals surface area contributed by atoms with Gasteiger partial charge in [-0.05, 0) is 35.2 Å². The summed E-state index contributed by atoms with van der Waals surface area (Å²) in [5.41, 5.74) is 1.10. The van der Waals surface area contributed by atoms with Crippen LogP contribution in [-0.4, -0.2) is 30.8 Å². The fourth-order valence-corrected chi connectivity index (χ4v) is 2.91. The Morgan fingerprint density at radius 2 is 2.05 bits per heavy atom. The van der Waals surface area contributed by atoms with Crippen LogP contribution >= 0.6 is 11.3 Å². The lowest BCUT2D eigenvalue weighted by atomic mass is 10.1.